The Labute approximate surface area is 118 Å². The van der Waals surface area contributed by atoms with Crippen molar-refractivity contribution in [2.24, 2.45) is 0 Å². The van der Waals surface area contributed by atoms with Crippen molar-refractivity contribution in [3.8, 4) is 0 Å². The van der Waals surface area contributed by atoms with E-state index in [1.165, 1.54) is 24.7 Å². The molecule has 0 unspecified atom stereocenters. The monoisotopic (exact) mass is 347 g/mol. The standard InChI is InChI=1S/C11H11BrFN3O2S/c1-2-16-6-11(14-7-16)19(17,18)15-10-5-8(13)3-4-9(10)12/h3-7,15H,2H2,1H3. The minimum atomic E-state index is -3.82. The number of hydrogen-bond acceptors (Lipinski definition) is 3. The molecule has 8 heteroatoms. The van der Waals surface area contributed by atoms with Crippen molar-refractivity contribution in [3.63, 3.8) is 0 Å². The van der Waals surface area contributed by atoms with Gasteiger partial charge in [0, 0.05) is 17.2 Å². The van der Waals surface area contributed by atoms with Crippen LogP contribution in [0.15, 0.2) is 40.2 Å². The fraction of sp³-hybridized carbons (Fsp3) is 0.182. The summed E-state index contributed by atoms with van der Waals surface area (Å²) < 4.78 is 41.6. The van der Waals surface area contributed by atoms with Crippen LogP contribution in [0.5, 0.6) is 0 Å². The van der Waals surface area contributed by atoms with Crippen molar-refractivity contribution < 1.29 is 12.8 Å². The van der Waals surface area contributed by atoms with E-state index < -0.39 is 15.8 Å². The Morgan fingerprint density at radius 3 is 2.84 bits per heavy atom. The third-order valence-electron chi connectivity index (χ3n) is 2.42. The van der Waals surface area contributed by atoms with Gasteiger partial charge in [-0.05, 0) is 41.1 Å². The van der Waals surface area contributed by atoms with E-state index in [4.69, 9.17) is 0 Å². The van der Waals surface area contributed by atoms with Crippen molar-refractivity contribution in [3.05, 3.63) is 41.0 Å². The molecule has 0 radical (unpaired) electrons. The van der Waals surface area contributed by atoms with Gasteiger partial charge in [-0.1, -0.05) is 0 Å². The molecule has 102 valence electrons. The number of sulfonamides is 1. The number of nitrogens with zero attached hydrogens (tertiary/aromatic N) is 2. The normalized spacial score (nSPS) is 11.5. The van der Waals surface area contributed by atoms with Crippen LogP contribution in [0, 0.1) is 5.82 Å². The lowest BCUT2D eigenvalue weighted by atomic mass is 10.3. The predicted octanol–water partition coefficient (Wildman–Crippen LogP) is 2.61. The molecule has 2 aromatic rings. The molecular weight excluding hydrogens is 337 g/mol. The van der Waals surface area contributed by atoms with Crippen LogP contribution in [0.4, 0.5) is 10.1 Å². The fourth-order valence-electron chi connectivity index (χ4n) is 1.42. The number of benzene rings is 1. The van der Waals surface area contributed by atoms with Crippen LogP contribution in [0.2, 0.25) is 0 Å². The third-order valence-corrected chi connectivity index (χ3v) is 4.36. The first-order chi connectivity index (χ1) is 8.92. The molecule has 0 saturated heterocycles. The molecule has 0 aliphatic heterocycles. The highest BCUT2D eigenvalue weighted by Crippen LogP contribution is 2.25. The first-order valence-corrected chi connectivity index (χ1v) is 7.69. The minimum absolute atomic E-state index is 0.106. The molecule has 1 N–H and O–H groups in total. The van der Waals surface area contributed by atoms with Crippen molar-refractivity contribution >= 4 is 31.6 Å². The molecule has 1 heterocycles. The van der Waals surface area contributed by atoms with E-state index in [0.29, 0.717) is 11.0 Å². The van der Waals surface area contributed by atoms with E-state index in [0.717, 1.165) is 6.07 Å². The second-order valence-corrected chi connectivity index (χ2v) is 6.26. The van der Waals surface area contributed by atoms with E-state index in [-0.39, 0.29) is 10.7 Å². The zero-order valence-electron chi connectivity index (χ0n) is 9.97. The van der Waals surface area contributed by atoms with Crippen LogP contribution >= 0.6 is 15.9 Å². The van der Waals surface area contributed by atoms with E-state index >= 15 is 0 Å². The lowest BCUT2D eigenvalue weighted by Gasteiger charge is -2.07. The van der Waals surface area contributed by atoms with Gasteiger partial charge in [-0.3, -0.25) is 4.72 Å². The molecule has 0 aliphatic carbocycles. The van der Waals surface area contributed by atoms with Gasteiger partial charge in [0.15, 0.2) is 5.03 Å². The molecule has 1 aromatic heterocycles. The molecular formula is C11H11BrFN3O2S. The van der Waals surface area contributed by atoms with Crippen LogP contribution in [0.3, 0.4) is 0 Å². The highest BCUT2D eigenvalue weighted by molar-refractivity contribution is 9.10. The van der Waals surface area contributed by atoms with Gasteiger partial charge in [-0.15, -0.1) is 0 Å². The lowest BCUT2D eigenvalue weighted by molar-refractivity contribution is 0.597. The topological polar surface area (TPSA) is 64.0 Å². The lowest BCUT2D eigenvalue weighted by Crippen LogP contribution is -2.14. The fourth-order valence-corrected chi connectivity index (χ4v) is 2.92. The smallest absolute Gasteiger partial charge is 0.280 e. The van der Waals surface area contributed by atoms with Crippen molar-refractivity contribution in [1.29, 1.82) is 0 Å². The number of aromatic nitrogens is 2. The second-order valence-electron chi connectivity index (χ2n) is 3.77. The molecule has 1 aromatic carbocycles. The van der Waals surface area contributed by atoms with E-state index in [1.54, 1.807) is 4.57 Å². The highest BCUT2D eigenvalue weighted by Gasteiger charge is 2.18. The molecule has 0 saturated carbocycles. The van der Waals surface area contributed by atoms with Crippen molar-refractivity contribution in [2.75, 3.05) is 4.72 Å². The molecule has 0 spiro atoms. The maximum Gasteiger partial charge on any atom is 0.280 e. The Balaban J connectivity index is 2.33. The molecule has 0 amide bonds. The summed E-state index contributed by atoms with van der Waals surface area (Å²) in [5, 5.41) is -0.106. The van der Waals surface area contributed by atoms with E-state index in [2.05, 4.69) is 25.6 Å². The molecule has 0 aliphatic rings. The summed E-state index contributed by atoms with van der Waals surface area (Å²) in [5.74, 6) is -0.528. The Morgan fingerprint density at radius 2 is 2.21 bits per heavy atom. The number of rotatable bonds is 4. The second kappa shape index (κ2) is 5.30. The van der Waals surface area contributed by atoms with Crippen molar-refractivity contribution in [1.82, 2.24) is 9.55 Å². The van der Waals surface area contributed by atoms with Gasteiger partial charge in [0.25, 0.3) is 10.0 Å². The van der Waals surface area contributed by atoms with E-state index in [9.17, 15) is 12.8 Å². The molecule has 0 atom stereocenters. The number of halogens is 2. The molecule has 0 bridgehead atoms. The number of hydrogen-bond donors (Lipinski definition) is 1. The van der Waals surface area contributed by atoms with Crippen LogP contribution in [0.25, 0.3) is 0 Å². The van der Waals surface area contributed by atoms with Gasteiger partial charge in [0.2, 0.25) is 0 Å². The molecule has 2 rings (SSSR count). The van der Waals surface area contributed by atoms with Gasteiger partial charge >= 0.3 is 0 Å². The number of nitrogens with one attached hydrogen (secondary N) is 1. The first kappa shape index (κ1) is 14.0. The maximum atomic E-state index is 13.1. The zero-order chi connectivity index (χ0) is 14.0. The van der Waals surface area contributed by atoms with Crippen LogP contribution in [-0.4, -0.2) is 18.0 Å². The van der Waals surface area contributed by atoms with Crippen LogP contribution in [-0.2, 0) is 16.6 Å². The summed E-state index contributed by atoms with van der Waals surface area (Å²) in [6.45, 7) is 2.49. The van der Waals surface area contributed by atoms with Gasteiger partial charge in [-0.2, -0.15) is 8.42 Å². The summed E-state index contributed by atoms with van der Waals surface area (Å²) in [6, 6.07) is 3.75. The van der Waals surface area contributed by atoms with Gasteiger partial charge < -0.3 is 4.57 Å². The van der Waals surface area contributed by atoms with Crippen molar-refractivity contribution in [2.45, 2.75) is 18.5 Å². The summed E-state index contributed by atoms with van der Waals surface area (Å²) in [4.78, 5) is 3.81. The Hall–Kier alpha value is -1.41. The Morgan fingerprint density at radius 1 is 1.47 bits per heavy atom. The molecule has 19 heavy (non-hydrogen) atoms. The average molecular weight is 348 g/mol. The third kappa shape index (κ3) is 3.13. The SMILES string of the molecule is CCn1cnc(S(=O)(=O)Nc2cc(F)ccc2Br)c1. The highest BCUT2D eigenvalue weighted by atomic mass is 79.9. The van der Waals surface area contributed by atoms with Gasteiger partial charge in [0.05, 0.1) is 12.0 Å². The summed E-state index contributed by atoms with van der Waals surface area (Å²) in [5.41, 5.74) is 0.131. The average Bonchev–Trinajstić information content (AvgIpc) is 2.83. The largest absolute Gasteiger partial charge is 0.336 e. The predicted molar refractivity (Wildman–Crippen MR) is 72.8 cm³/mol. The Kier molecular flexibility index (Phi) is 3.91. The first-order valence-electron chi connectivity index (χ1n) is 5.42. The van der Waals surface area contributed by atoms with Crippen LogP contribution < -0.4 is 4.72 Å². The van der Waals surface area contributed by atoms with Gasteiger partial charge in [-0.25, -0.2) is 9.37 Å². The number of aryl methyl sites for hydroxylation is 1. The summed E-state index contributed by atoms with van der Waals surface area (Å²) in [6.07, 6.45) is 2.84. The van der Waals surface area contributed by atoms with Gasteiger partial charge in [0.1, 0.15) is 5.82 Å². The maximum absolute atomic E-state index is 13.1. The summed E-state index contributed by atoms with van der Waals surface area (Å²) in [7, 11) is -3.82. The quantitative estimate of drug-likeness (QED) is 0.924. The van der Waals surface area contributed by atoms with E-state index in [1.807, 2.05) is 6.92 Å². The molecule has 5 nitrogen and oxygen atoms in total. The van der Waals surface area contributed by atoms with Crippen LogP contribution in [0.1, 0.15) is 6.92 Å². The number of imidazole rings is 1. The Bertz CT molecular complexity index is 700. The minimum Gasteiger partial charge on any atom is -0.336 e. The summed E-state index contributed by atoms with van der Waals surface area (Å²) >= 11 is 3.16. The molecule has 0 fully saturated rings. The number of anilines is 1. The zero-order valence-corrected chi connectivity index (χ0v) is 12.4.